The molecule has 0 aliphatic heterocycles. The van der Waals surface area contributed by atoms with Gasteiger partial charge in [-0.25, -0.2) is 0 Å². The van der Waals surface area contributed by atoms with E-state index in [9.17, 15) is 0 Å². The summed E-state index contributed by atoms with van der Waals surface area (Å²) in [7, 11) is 0. The summed E-state index contributed by atoms with van der Waals surface area (Å²) >= 11 is 5.64. The van der Waals surface area contributed by atoms with E-state index in [-0.39, 0.29) is 0 Å². The van der Waals surface area contributed by atoms with E-state index < -0.39 is 0 Å². The highest BCUT2D eigenvalue weighted by molar-refractivity contribution is 6.16. The Balaban J connectivity index is 2.56. The van der Waals surface area contributed by atoms with Crippen molar-refractivity contribution in [3.63, 3.8) is 0 Å². The Hall–Kier alpha value is -0.760. The quantitative estimate of drug-likeness (QED) is 0.696. The van der Waals surface area contributed by atoms with Crippen LogP contribution in [0.2, 0.25) is 0 Å². The lowest BCUT2D eigenvalue weighted by molar-refractivity contribution is 0.270. The van der Waals surface area contributed by atoms with Gasteiger partial charge in [0.2, 0.25) is 0 Å². The fourth-order valence-corrected chi connectivity index (χ4v) is 1.03. The van der Waals surface area contributed by atoms with Gasteiger partial charge in [0, 0.05) is 12.3 Å². The topological polar surface area (TPSA) is 22.1 Å². The predicted molar refractivity (Wildman–Crippen MR) is 54.1 cm³/mol. The van der Waals surface area contributed by atoms with Crippen molar-refractivity contribution in [2.75, 3.05) is 6.61 Å². The summed E-state index contributed by atoms with van der Waals surface area (Å²) in [5.74, 6) is 1.81. The standard InChI is InChI=1S/C10H14ClNO/c1-8(2)7-13-10-3-4-12-9(5-10)6-11/h3-5,8H,6-7H2,1-2H3. The van der Waals surface area contributed by atoms with Gasteiger partial charge in [0.15, 0.2) is 0 Å². The van der Waals surface area contributed by atoms with Gasteiger partial charge in [-0.2, -0.15) is 0 Å². The predicted octanol–water partition coefficient (Wildman–Crippen LogP) is 2.86. The molecule has 1 aromatic heterocycles. The highest BCUT2D eigenvalue weighted by atomic mass is 35.5. The first kappa shape index (κ1) is 10.3. The molecule has 2 nitrogen and oxygen atoms in total. The van der Waals surface area contributed by atoms with Crippen LogP contribution in [0.5, 0.6) is 5.75 Å². The number of halogens is 1. The first-order chi connectivity index (χ1) is 6.22. The average Bonchev–Trinajstić information content (AvgIpc) is 2.15. The van der Waals surface area contributed by atoms with Gasteiger partial charge in [-0.1, -0.05) is 13.8 Å². The van der Waals surface area contributed by atoms with Crippen LogP contribution in [0.4, 0.5) is 0 Å². The molecule has 0 saturated carbocycles. The number of alkyl halides is 1. The van der Waals surface area contributed by atoms with E-state index >= 15 is 0 Å². The summed E-state index contributed by atoms with van der Waals surface area (Å²) < 4.78 is 5.51. The molecule has 0 fully saturated rings. The van der Waals surface area contributed by atoms with Crippen molar-refractivity contribution < 1.29 is 4.74 Å². The second-order valence-electron chi connectivity index (χ2n) is 3.32. The van der Waals surface area contributed by atoms with Gasteiger partial charge in [0.25, 0.3) is 0 Å². The van der Waals surface area contributed by atoms with Crippen LogP contribution in [-0.4, -0.2) is 11.6 Å². The molecule has 0 amide bonds. The summed E-state index contributed by atoms with van der Waals surface area (Å²) in [6.07, 6.45) is 1.72. The second-order valence-corrected chi connectivity index (χ2v) is 3.59. The van der Waals surface area contributed by atoms with Crippen molar-refractivity contribution in [2.45, 2.75) is 19.7 Å². The molecule has 0 radical (unpaired) electrons. The summed E-state index contributed by atoms with van der Waals surface area (Å²) in [5, 5.41) is 0. The van der Waals surface area contributed by atoms with Crippen LogP contribution >= 0.6 is 11.6 Å². The van der Waals surface area contributed by atoms with Crippen molar-refractivity contribution in [1.82, 2.24) is 4.98 Å². The number of nitrogens with zero attached hydrogens (tertiary/aromatic N) is 1. The van der Waals surface area contributed by atoms with Crippen LogP contribution in [0, 0.1) is 5.92 Å². The summed E-state index contributed by atoms with van der Waals surface area (Å²) in [6, 6.07) is 3.72. The second kappa shape index (κ2) is 5.07. The number of aromatic nitrogens is 1. The largest absolute Gasteiger partial charge is 0.493 e. The Morgan fingerprint density at radius 2 is 2.31 bits per heavy atom. The summed E-state index contributed by atoms with van der Waals surface area (Å²) in [6.45, 7) is 4.96. The van der Waals surface area contributed by atoms with Gasteiger partial charge < -0.3 is 4.74 Å². The number of hydrogen-bond donors (Lipinski definition) is 0. The molecular weight excluding hydrogens is 186 g/mol. The maximum atomic E-state index is 5.64. The first-order valence-electron chi connectivity index (χ1n) is 4.36. The summed E-state index contributed by atoms with van der Waals surface area (Å²) in [5.41, 5.74) is 0.850. The van der Waals surface area contributed by atoms with Gasteiger partial charge in [-0.15, -0.1) is 11.6 Å². The van der Waals surface area contributed by atoms with E-state index in [2.05, 4.69) is 18.8 Å². The maximum Gasteiger partial charge on any atom is 0.122 e. The zero-order chi connectivity index (χ0) is 9.68. The minimum Gasteiger partial charge on any atom is -0.493 e. The zero-order valence-electron chi connectivity index (χ0n) is 7.96. The van der Waals surface area contributed by atoms with Crippen LogP contribution in [0.1, 0.15) is 19.5 Å². The van der Waals surface area contributed by atoms with Gasteiger partial charge in [0.05, 0.1) is 18.2 Å². The number of hydrogen-bond acceptors (Lipinski definition) is 2. The average molecular weight is 200 g/mol. The Morgan fingerprint density at radius 1 is 1.54 bits per heavy atom. The minimum absolute atomic E-state index is 0.429. The third-order valence-electron chi connectivity index (χ3n) is 1.51. The highest BCUT2D eigenvalue weighted by Gasteiger charge is 1.98. The SMILES string of the molecule is CC(C)COc1ccnc(CCl)c1. The molecule has 1 rings (SSSR count). The van der Waals surface area contributed by atoms with E-state index in [4.69, 9.17) is 16.3 Å². The number of rotatable bonds is 4. The first-order valence-corrected chi connectivity index (χ1v) is 4.89. The molecule has 0 aliphatic rings. The van der Waals surface area contributed by atoms with Crippen LogP contribution in [-0.2, 0) is 5.88 Å². The lowest BCUT2D eigenvalue weighted by Gasteiger charge is -2.08. The third-order valence-corrected chi connectivity index (χ3v) is 1.78. The van der Waals surface area contributed by atoms with Crippen molar-refractivity contribution >= 4 is 11.6 Å². The van der Waals surface area contributed by atoms with Gasteiger partial charge >= 0.3 is 0 Å². The van der Waals surface area contributed by atoms with Crippen molar-refractivity contribution in [1.29, 1.82) is 0 Å². The number of ether oxygens (including phenoxy) is 1. The Kier molecular flexibility index (Phi) is 4.03. The molecule has 1 aromatic rings. The molecule has 13 heavy (non-hydrogen) atoms. The molecule has 0 bridgehead atoms. The third kappa shape index (κ3) is 3.64. The van der Waals surface area contributed by atoms with E-state index in [1.165, 1.54) is 0 Å². The molecule has 0 N–H and O–H groups in total. The molecule has 72 valence electrons. The van der Waals surface area contributed by atoms with Crippen LogP contribution in [0.15, 0.2) is 18.3 Å². The Bertz CT molecular complexity index is 263. The highest BCUT2D eigenvalue weighted by Crippen LogP contribution is 2.13. The van der Waals surface area contributed by atoms with E-state index in [0.29, 0.717) is 11.8 Å². The molecule has 0 aliphatic carbocycles. The molecule has 0 unspecified atom stereocenters. The van der Waals surface area contributed by atoms with E-state index in [1.807, 2.05) is 12.1 Å². The van der Waals surface area contributed by atoms with Crippen molar-refractivity contribution in [2.24, 2.45) is 5.92 Å². The van der Waals surface area contributed by atoms with Crippen LogP contribution in [0.25, 0.3) is 0 Å². The molecule has 3 heteroatoms. The number of pyridine rings is 1. The maximum absolute atomic E-state index is 5.64. The normalized spacial score (nSPS) is 10.5. The van der Waals surface area contributed by atoms with Crippen LogP contribution < -0.4 is 4.74 Å². The Morgan fingerprint density at radius 3 is 2.92 bits per heavy atom. The van der Waals surface area contributed by atoms with Crippen molar-refractivity contribution in [3.05, 3.63) is 24.0 Å². The molecule has 0 atom stereocenters. The lowest BCUT2D eigenvalue weighted by atomic mass is 10.2. The fraction of sp³-hybridized carbons (Fsp3) is 0.500. The van der Waals surface area contributed by atoms with E-state index in [0.717, 1.165) is 18.1 Å². The van der Waals surface area contributed by atoms with Gasteiger partial charge in [-0.05, 0) is 12.0 Å². The Labute approximate surface area is 83.9 Å². The van der Waals surface area contributed by atoms with E-state index in [1.54, 1.807) is 6.20 Å². The van der Waals surface area contributed by atoms with Gasteiger partial charge in [-0.3, -0.25) is 4.98 Å². The zero-order valence-corrected chi connectivity index (χ0v) is 8.71. The summed E-state index contributed by atoms with van der Waals surface area (Å²) in [4.78, 5) is 4.07. The lowest BCUT2D eigenvalue weighted by Crippen LogP contribution is -2.04. The molecular formula is C10H14ClNO. The molecule has 1 heterocycles. The fourth-order valence-electron chi connectivity index (χ4n) is 0.882. The molecule has 0 saturated heterocycles. The minimum atomic E-state index is 0.429. The monoisotopic (exact) mass is 199 g/mol. The smallest absolute Gasteiger partial charge is 0.122 e. The molecule has 0 aromatic carbocycles. The molecule has 0 spiro atoms. The van der Waals surface area contributed by atoms with Gasteiger partial charge in [0.1, 0.15) is 5.75 Å². The van der Waals surface area contributed by atoms with Crippen molar-refractivity contribution in [3.8, 4) is 5.75 Å². The van der Waals surface area contributed by atoms with Crippen LogP contribution in [0.3, 0.4) is 0 Å².